The highest BCUT2D eigenvalue weighted by Crippen LogP contribution is 2.21. The second-order valence-electron chi connectivity index (χ2n) is 6.75. The average Bonchev–Trinajstić information content (AvgIpc) is 3.07. The van der Waals surface area contributed by atoms with E-state index in [-0.39, 0.29) is 0 Å². The van der Waals surface area contributed by atoms with Crippen LogP contribution in [0.3, 0.4) is 0 Å². The Labute approximate surface area is 176 Å². The van der Waals surface area contributed by atoms with E-state index in [0.717, 1.165) is 33.1 Å². The van der Waals surface area contributed by atoms with Gasteiger partial charge < -0.3 is 9.88 Å². The Balaban J connectivity index is 1.64. The number of rotatable bonds is 5. The first-order chi connectivity index (χ1) is 13.4. The second-order valence-corrected chi connectivity index (χ2v) is 7.57. The summed E-state index contributed by atoms with van der Waals surface area (Å²) in [6.45, 7) is 6.90. The van der Waals surface area contributed by atoms with Crippen molar-refractivity contribution in [1.82, 2.24) is 9.99 Å². The second kappa shape index (κ2) is 9.04. The van der Waals surface area contributed by atoms with Gasteiger partial charge in [0.2, 0.25) is 0 Å². The first-order valence-electron chi connectivity index (χ1n) is 9.00. The van der Waals surface area contributed by atoms with E-state index in [0.29, 0.717) is 11.7 Å². The van der Waals surface area contributed by atoms with E-state index >= 15 is 0 Å². The van der Waals surface area contributed by atoms with E-state index in [4.69, 9.17) is 23.8 Å². The van der Waals surface area contributed by atoms with Crippen molar-refractivity contribution in [2.45, 2.75) is 27.3 Å². The highest BCUT2D eigenvalue weighted by Gasteiger charge is 2.06. The number of nitrogens with one attached hydrogen (secondary N) is 2. The topological polar surface area (TPSA) is 41.4 Å². The summed E-state index contributed by atoms with van der Waals surface area (Å²) in [5.74, 6) is 0. The van der Waals surface area contributed by atoms with Gasteiger partial charge in [0.15, 0.2) is 5.11 Å². The zero-order valence-electron chi connectivity index (χ0n) is 16.2. The minimum Gasteiger partial charge on any atom is -0.342 e. The molecular weight excluding hydrogens is 388 g/mol. The normalized spacial score (nSPS) is 11.0. The van der Waals surface area contributed by atoms with Gasteiger partial charge in [0.25, 0.3) is 0 Å². The Bertz CT molecular complexity index is 1000. The fourth-order valence-corrected chi connectivity index (χ4v) is 3.52. The molecule has 0 bridgehead atoms. The summed E-state index contributed by atoms with van der Waals surface area (Å²) in [6.07, 6.45) is 3.75. The number of thiocarbonyl (C=S) groups is 1. The monoisotopic (exact) mass is 410 g/mol. The molecule has 0 aliphatic rings. The molecule has 0 saturated heterocycles. The van der Waals surface area contributed by atoms with Gasteiger partial charge in [0.1, 0.15) is 0 Å². The van der Waals surface area contributed by atoms with Gasteiger partial charge in [-0.2, -0.15) is 5.10 Å². The molecule has 0 saturated carbocycles. The van der Waals surface area contributed by atoms with E-state index in [1.54, 1.807) is 6.21 Å². The predicted molar refractivity (Wildman–Crippen MR) is 123 cm³/mol. The van der Waals surface area contributed by atoms with Crippen molar-refractivity contribution in [2.24, 2.45) is 5.10 Å². The van der Waals surface area contributed by atoms with Gasteiger partial charge in [-0.25, -0.2) is 0 Å². The molecule has 0 aliphatic heterocycles. The number of hydrogen-bond acceptors (Lipinski definition) is 2. The number of hydrazone groups is 1. The minimum atomic E-state index is 0.454. The smallest absolute Gasteiger partial charge is 0.191 e. The van der Waals surface area contributed by atoms with Crippen molar-refractivity contribution in [3.63, 3.8) is 0 Å². The SMILES string of the molecule is Cc1cc(C)c(NC(=S)NN=Cc2cccn2Cc2ccccc2Cl)c(C)c1. The third kappa shape index (κ3) is 5.00. The molecule has 0 unspecified atom stereocenters. The summed E-state index contributed by atoms with van der Waals surface area (Å²) in [5.41, 5.74) is 9.46. The molecule has 0 aliphatic carbocycles. The largest absolute Gasteiger partial charge is 0.342 e. The lowest BCUT2D eigenvalue weighted by atomic mass is 10.1. The molecule has 1 aromatic heterocycles. The van der Waals surface area contributed by atoms with Crippen LogP contribution in [0.15, 0.2) is 59.8 Å². The molecular formula is C22H23ClN4S. The van der Waals surface area contributed by atoms with Crippen molar-refractivity contribution in [3.05, 3.63) is 87.7 Å². The van der Waals surface area contributed by atoms with Crippen LogP contribution in [0.4, 0.5) is 5.69 Å². The van der Waals surface area contributed by atoms with Gasteiger partial charge in [-0.1, -0.05) is 47.5 Å². The molecule has 0 spiro atoms. The molecule has 28 heavy (non-hydrogen) atoms. The van der Waals surface area contributed by atoms with Crippen LogP contribution in [0.1, 0.15) is 27.9 Å². The van der Waals surface area contributed by atoms with Crippen LogP contribution in [0.2, 0.25) is 5.02 Å². The van der Waals surface area contributed by atoms with Crippen molar-refractivity contribution >= 4 is 40.8 Å². The number of aryl methyl sites for hydroxylation is 3. The molecule has 3 rings (SSSR count). The number of anilines is 1. The predicted octanol–water partition coefficient (Wildman–Crippen LogP) is 5.44. The van der Waals surface area contributed by atoms with Crippen LogP contribution < -0.4 is 10.7 Å². The maximum absolute atomic E-state index is 6.27. The number of nitrogens with zero attached hydrogens (tertiary/aromatic N) is 2. The lowest BCUT2D eigenvalue weighted by Gasteiger charge is -2.14. The van der Waals surface area contributed by atoms with Crippen LogP contribution in [-0.2, 0) is 6.54 Å². The summed E-state index contributed by atoms with van der Waals surface area (Å²) in [4.78, 5) is 0. The van der Waals surface area contributed by atoms with E-state index in [1.165, 1.54) is 5.56 Å². The standard InChI is InChI=1S/C22H23ClN4S/c1-15-11-16(2)21(17(3)12-15)25-22(28)26-24-13-19-8-6-10-27(19)14-18-7-4-5-9-20(18)23/h4-13H,14H2,1-3H3,(H2,25,26,28). The summed E-state index contributed by atoms with van der Waals surface area (Å²) in [5, 5.41) is 8.72. The first kappa shape index (κ1) is 20.1. The Morgan fingerprint density at radius 1 is 1.11 bits per heavy atom. The van der Waals surface area contributed by atoms with Gasteiger partial charge in [0, 0.05) is 23.5 Å². The molecule has 2 aromatic carbocycles. The fourth-order valence-electron chi connectivity index (χ4n) is 3.17. The molecule has 6 heteroatoms. The fraction of sp³-hybridized carbons (Fsp3) is 0.182. The van der Waals surface area contributed by atoms with Crippen molar-refractivity contribution < 1.29 is 0 Å². The van der Waals surface area contributed by atoms with Crippen LogP contribution in [0.25, 0.3) is 0 Å². The maximum atomic E-state index is 6.27. The lowest BCUT2D eigenvalue weighted by Crippen LogP contribution is -2.25. The Morgan fingerprint density at radius 2 is 1.82 bits per heavy atom. The van der Waals surface area contributed by atoms with Crippen molar-refractivity contribution in [1.29, 1.82) is 0 Å². The van der Waals surface area contributed by atoms with Crippen LogP contribution >= 0.6 is 23.8 Å². The summed E-state index contributed by atoms with van der Waals surface area (Å²) in [6, 6.07) is 16.1. The first-order valence-corrected chi connectivity index (χ1v) is 9.79. The van der Waals surface area contributed by atoms with Gasteiger partial charge >= 0.3 is 0 Å². The molecule has 0 radical (unpaired) electrons. The summed E-state index contributed by atoms with van der Waals surface area (Å²) in [7, 11) is 0. The Hall–Kier alpha value is -2.63. The van der Waals surface area contributed by atoms with Gasteiger partial charge in [0.05, 0.1) is 11.9 Å². The zero-order valence-corrected chi connectivity index (χ0v) is 17.7. The third-order valence-electron chi connectivity index (χ3n) is 4.44. The average molecular weight is 411 g/mol. The molecule has 4 nitrogen and oxygen atoms in total. The number of hydrogen-bond donors (Lipinski definition) is 2. The van der Waals surface area contributed by atoms with Crippen molar-refractivity contribution in [3.8, 4) is 0 Å². The molecule has 0 fully saturated rings. The molecule has 0 amide bonds. The molecule has 1 heterocycles. The molecule has 0 atom stereocenters. The third-order valence-corrected chi connectivity index (χ3v) is 5.00. The van der Waals surface area contributed by atoms with Gasteiger partial charge in [-0.15, -0.1) is 0 Å². The van der Waals surface area contributed by atoms with E-state index in [2.05, 4.69) is 53.3 Å². The zero-order chi connectivity index (χ0) is 20.1. The molecule has 2 N–H and O–H groups in total. The van der Waals surface area contributed by atoms with Crippen LogP contribution in [0, 0.1) is 20.8 Å². The highest BCUT2D eigenvalue weighted by atomic mass is 35.5. The van der Waals surface area contributed by atoms with E-state index < -0.39 is 0 Å². The Morgan fingerprint density at radius 3 is 2.54 bits per heavy atom. The molecule has 3 aromatic rings. The minimum absolute atomic E-state index is 0.454. The number of halogens is 1. The Kier molecular flexibility index (Phi) is 6.49. The quantitative estimate of drug-likeness (QED) is 0.334. The highest BCUT2D eigenvalue weighted by molar-refractivity contribution is 7.80. The number of benzene rings is 2. The van der Waals surface area contributed by atoms with Crippen LogP contribution in [0.5, 0.6) is 0 Å². The summed E-state index contributed by atoms with van der Waals surface area (Å²) < 4.78 is 2.08. The van der Waals surface area contributed by atoms with Gasteiger partial charge in [-0.3, -0.25) is 5.43 Å². The van der Waals surface area contributed by atoms with Gasteiger partial charge in [-0.05, 0) is 67.9 Å². The lowest BCUT2D eigenvalue weighted by molar-refractivity contribution is 0.799. The van der Waals surface area contributed by atoms with E-state index in [1.807, 2.05) is 42.6 Å². The summed E-state index contributed by atoms with van der Waals surface area (Å²) >= 11 is 11.6. The van der Waals surface area contributed by atoms with E-state index in [9.17, 15) is 0 Å². The van der Waals surface area contributed by atoms with Crippen LogP contribution in [-0.4, -0.2) is 15.9 Å². The van der Waals surface area contributed by atoms with Crippen molar-refractivity contribution in [2.75, 3.05) is 5.32 Å². The number of aromatic nitrogens is 1. The maximum Gasteiger partial charge on any atom is 0.191 e. The molecule has 144 valence electrons.